The monoisotopic (exact) mass is 434 g/mol. The third-order valence-electron chi connectivity index (χ3n) is 6.04. The lowest BCUT2D eigenvalue weighted by atomic mass is 9.93. The molecule has 0 spiro atoms. The fraction of sp³-hybridized carbons (Fsp3) is 0.400. The van der Waals surface area contributed by atoms with E-state index in [-0.39, 0.29) is 12.5 Å². The minimum Gasteiger partial charge on any atom is -0.481 e. The van der Waals surface area contributed by atoms with Crippen molar-refractivity contribution in [2.75, 3.05) is 19.6 Å². The maximum Gasteiger partial charge on any atom is 0.303 e. The molecule has 7 heteroatoms. The third kappa shape index (κ3) is 6.40. The summed E-state index contributed by atoms with van der Waals surface area (Å²) in [4.78, 5) is 18.9. The number of hydrazone groups is 1. The Balaban J connectivity index is 1.20. The highest BCUT2D eigenvalue weighted by molar-refractivity contribution is 6.01. The number of carbonyl (C=O) groups is 1. The lowest BCUT2D eigenvalue weighted by Crippen LogP contribution is -2.39. The van der Waals surface area contributed by atoms with E-state index in [0.717, 1.165) is 55.7 Å². The van der Waals surface area contributed by atoms with E-state index >= 15 is 0 Å². The second-order valence-corrected chi connectivity index (χ2v) is 8.51. The number of carboxylic acid groups (broad SMARTS) is 1. The van der Waals surface area contributed by atoms with Crippen molar-refractivity contribution in [1.29, 1.82) is 0 Å². The zero-order valence-corrected chi connectivity index (χ0v) is 18.2. The molecule has 1 unspecified atom stereocenters. The van der Waals surface area contributed by atoms with E-state index in [1.165, 1.54) is 5.56 Å². The fourth-order valence-corrected chi connectivity index (χ4v) is 4.22. The Labute approximate surface area is 188 Å². The Morgan fingerprint density at radius 3 is 2.62 bits per heavy atom. The first-order valence-electron chi connectivity index (χ1n) is 11.2. The van der Waals surface area contributed by atoms with Crippen molar-refractivity contribution >= 4 is 17.9 Å². The maximum atomic E-state index is 10.9. The summed E-state index contributed by atoms with van der Waals surface area (Å²) in [6, 6.07) is 18.3. The van der Waals surface area contributed by atoms with Crippen LogP contribution in [0.3, 0.4) is 0 Å². The highest BCUT2D eigenvalue weighted by atomic mass is 16.6. The molecule has 1 fully saturated rings. The predicted octanol–water partition coefficient (Wildman–Crippen LogP) is 3.49. The molecule has 32 heavy (non-hydrogen) atoms. The van der Waals surface area contributed by atoms with Gasteiger partial charge in [0.1, 0.15) is 6.10 Å². The van der Waals surface area contributed by atoms with E-state index in [1.54, 1.807) is 0 Å². The van der Waals surface area contributed by atoms with E-state index in [0.29, 0.717) is 12.5 Å². The summed E-state index contributed by atoms with van der Waals surface area (Å²) in [7, 11) is 0. The Morgan fingerprint density at radius 1 is 1.16 bits per heavy atom. The molecule has 2 aliphatic rings. The fourth-order valence-electron chi connectivity index (χ4n) is 4.22. The average molecular weight is 435 g/mol. The second kappa shape index (κ2) is 10.9. The van der Waals surface area contributed by atoms with Gasteiger partial charge in [-0.05, 0) is 48.5 Å². The van der Waals surface area contributed by atoms with Crippen LogP contribution in [-0.4, -0.2) is 53.6 Å². The standard InChI is InChI=1S/C25H30N4O3/c30-25(31)14-19-10-12-29(13-11-19)18-23-15-24(28-32-23)22-8-6-21(7-9-22)17-27-26-16-20-4-2-1-3-5-20/h1-9,17,19,23,26H,10-16,18H2,(H,30,31). The van der Waals surface area contributed by atoms with Crippen LogP contribution in [0.25, 0.3) is 0 Å². The van der Waals surface area contributed by atoms with Gasteiger partial charge in [0.15, 0.2) is 0 Å². The molecular weight excluding hydrogens is 404 g/mol. The average Bonchev–Trinajstić information content (AvgIpc) is 3.27. The Kier molecular flexibility index (Phi) is 7.51. The molecule has 1 saturated heterocycles. The van der Waals surface area contributed by atoms with Crippen LogP contribution in [0.15, 0.2) is 64.9 Å². The van der Waals surface area contributed by atoms with Gasteiger partial charge < -0.3 is 15.4 Å². The van der Waals surface area contributed by atoms with Gasteiger partial charge in [0.05, 0.1) is 18.5 Å². The number of oxime groups is 1. The summed E-state index contributed by atoms with van der Waals surface area (Å²) < 4.78 is 0. The van der Waals surface area contributed by atoms with Crippen molar-refractivity contribution in [3.8, 4) is 0 Å². The molecule has 1 atom stereocenters. The predicted molar refractivity (Wildman–Crippen MR) is 125 cm³/mol. The lowest BCUT2D eigenvalue weighted by molar-refractivity contribution is -0.138. The molecule has 7 nitrogen and oxygen atoms in total. The molecule has 0 saturated carbocycles. The van der Waals surface area contributed by atoms with E-state index < -0.39 is 5.97 Å². The molecule has 0 amide bonds. The van der Waals surface area contributed by atoms with Crippen LogP contribution in [0.4, 0.5) is 0 Å². The molecule has 4 rings (SSSR count). The van der Waals surface area contributed by atoms with Gasteiger partial charge in [-0.3, -0.25) is 9.69 Å². The van der Waals surface area contributed by atoms with Crippen molar-refractivity contribution in [1.82, 2.24) is 10.3 Å². The molecule has 2 aromatic carbocycles. The summed E-state index contributed by atoms with van der Waals surface area (Å²) in [6.45, 7) is 3.39. The summed E-state index contributed by atoms with van der Waals surface area (Å²) in [5.41, 5.74) is 7.33. The van der Waals surface area contributed by atoms with Crippen LogP contribution in [-0.2, 0) is 16.2 Å². The number of benzene rings is 2. The largest absolute Gasteiger partial charge is 0.481 e. The number of hydrogen-bond donors (Lipinski definition) is 2. The number of nitrogens with zero attached hydrogens (tertiary/aromatic N) is 3. The molecule has 0 aromatic heterocycles. The molecule has 0 radical (unpaired) electrons. The van der Waals surface area contributed by atoms with Crippen molar-refractivity contribution in [2.45, 2.75) is 38.3 Å². The number of piperidine rings is 1. The summed E-state index contributed by atoms with van der Waals surface area (Å²) in [5.74, 6) is -0.392. The first-order chi connectivity index (χ1) is 15.7. The smallest absolute Gasteiger partial charge is 0.303 e. The second-order valence-electron chi connectivity index (χ2n) is 8.51. The van der Waals surface area contributed by atoms with Gasteiger partial charge in [-0.1, -0.05) is 59.8 Å². The van der Waals surface area contributed by atoms with Gasteiger partial charge in [0.2, 0.25) is 0 Å². The molecule has 2 N–H and O–H groups in total. The van der Waals surface area contributed by atoms with E-state index in [2.05, 4.69) is 44.8 Å². The summed E-state index contributed by atoms with van der Waals surface area (Å²) in [5, 5.41) is 17.6. The van der Waals surface area contributed by atoms with E-state index in [1.807, 2.05) is 36.5 Å². The quantitative estimate of drug-likeness (QED) is 0.466. The van der Waals surface area contributed by atoms with Crippen LogP contribution in [0.2, 0.25) is 0 Å². The number of nitrogens with one attached hydrogen (secondary N) is 1. The first kappa shape index (κ1) is 22.0. The molecular formula is C25H30N4O3. The Morgan fingerprint density at radius 2 is 1.91 bits per heavy atom. The molecule has 0 aliphatic carbocycles. The van der Waals surface area contributed by atoms with Crippen molar-refractivity contribution in [3.63, 3.8) is 0 Å². The van der Waals surface area contributed by atoms with Crippen LogP contribution in [0.1, 0.15) is 42.4 Å². The topological polar surface area (TPSA) is 86.5 Å². The number of carboxylic acids is 1. The highest BCUT2D eigenvalue weighted by Gasteiger charge is 2.27. The molecule has 2 aliphatic heterocycles. The SMILES string of the molecule is O=C(O)CC1CCN(CC2CC(c3ccc(C=NNCc4ccccc4)cc3)=NO2)CC1. The molecule has 168 valence electrons. The molecule has 2 heterocycles. The van der Waals surface area contributed by atoms with Crippen LogP contribution in [0, 0.1) is 5.92 Å². The molecule has 0 bridgehead atoms. The lowest BCUT2D eigenvalue weighted by Gasteiger charge is -2.32. The minimum atomic E-state index is -0.693. The summed E-state index contributed by atoms with van der Waals surface area (Å²) in [6.07, 6.45) is 4.83. The van der Waals surface area contributed by atoms with Gasteiger partial charge in [-0.2, -0.15) is 5.10 Å². The highest BCUT2D eigenvalue weighted by Crippen LogP contribution is 2.23. The van der Waals surface area contributed by atoms with Crippen LogP contribution >= 0.6 is 0 Å². The van der Waals surface area contributed by atoms with E-state index in [4.69, 9.17) is 9.94 Å². The van der Waals surface area contributed by atoms with Gasteiger partial charge in [-0.15, -0.1) is 0 Å². The van der Waals surface area contributed by atoms with Crippen molar-refractivity contribution in [3.05, 3.63) is 71.3 Å². The normalized spacial score (nSPS) is 19.6. The number of likely N-dealkylation sites (tertiary alicyclic amines) is 1. The van der Waals surface area contributed by atoms with E-state index in [9.17, 15) is 4.79 Å². The van der Waals surface area contributed by atoms with Crippen LogP contribution < -0.4 is 5.43 Å². The summed E-state index contributed by atoms with van der Waals surface area (Å²) >= 11 is 0. The number of rotatable bonds is 9. The number of aliphatic carboxylic acids is 1. The van der Waals surface area contributed by atoms with Crippen molar-refractivity contribution < 1.29 is 14.7 Å². The first-order valence-corrected chi connectivity index (χ1v) is 11.2. The van der Waals surface area contributed by atoms with Crippen LogP contribution in [0.5, 0.6) is 0 Å². The van der Waals surface area contributed by atoms with Gasteiger partial charge in [0, 0.05) is 19.4 Å². The van der Waals surface area contributed by atoms with Crippen molar-refractivity contribution in [2.24, 2.45) is 16.2 Å². The third-order valence-corrected chi connectivity index (χ3v) is 6.04. The zero-order valence-electron chi connectivity index (χ0n) is 18.2. The zero-order chi connectivity index (χ0) is 22.2. The van der Waals surface area contributed by atoms with Gasteiger partial charge in [-0.25, -0.2) is 0 Å². The Hall–Kier alpha value is -3.19. The van der Waals surface area contributed by atoms with Gasteiger partial charge in [0.25, 0.3) is 0 Å². The maximum absolute atomic E-state index is 10.9. The molecule has 2 aromatic rings. The number of hydrogen-bond acceptors (Lipinski definition) is 6. The van der Waals surface area contributed by atoms with Gasteiger partial charge >= 0.3 is 5.97 Å². The Bertz CT molecular complexity index is 935. The minimum absolute atomic E-state index is 0.0597.